The maximum Gasteiger partial charge on any atom is 0.0716 e. The van der Waals surface area contributed by atoms with E-state index in [9.17, 15) is 5.11 Å². The molecular formula is C17H27NO2. The highest BCUT2D eigenvalue weighted by Crippen LogP contribution is 2.32. The quantitative estimate of drug-likeness (QED) is 0.840. The van der Waals surface area contributed by atoms with E-state index < -0.39 is 0 Å². The summed E-state index contributed by atoms with van der Waals surface area (Å²) in [5, 5.41) is 13.4. The molecule has 0 saturated heterocycles. The molecule has 2 N–H and O–H groups in total. The van der Waals surface area contributed by atoms with Crippen molar-refractivity contribution < 1.29 is 9.84 Å². The van der Waals surface area contributed by atoms with E-state index in [1.165, 1.54) is 24.0 Å². The lowest BCUT2D eigenvalue weighted by molar-refractivity contribution is 0.104. The maximum absolute atomic E-state index is 9.79. The van der Waals surface area contributed by atoms with Gasteiger partial charge in [0.2, 0.25) is 0 Å². The van der Waals surface area contributed by atoms with Crippen LogP contribution in [-0.2, 0) is 17.9 Å². The summed E-state index contributed by atoms with van der Waals surface area (Å²) in [5.74, 6) is 0.789. The second kappa shape index (κ2) is 7.21. The van der Waals surface area contributed by atoms with Gasteiger partial charge in [0, 0.05) is 19.2 Å². The van der Waals surface area contributed by atoms with Crippen LogP contribution in [0.15, 0.2) is 24.3 Å². The van der Waals surface area contributed by atoms with Crippen molar-refractivity contribution in [2.45, 2.75) is 51.3 Å². The second-order valence-electron chi connectivity index (χ2n) is 6.18. The van der Waals surface area contributed by atoms with Gasteiger partial charge in [-0.2, -0.15) is 0 Å². The van der Waals surface area contributed by atoms with Crippen molar-refractivity contribution in [1.29, 1.82) is 0 Å². The Balaban J connectivity index is 2.00. The molecular weight excluding hydrogens is 250 g/mol. The van der Waals surface area contributed by atoms with Gasteiger partial charge in [-0.15, -0.1) is 0 Å². The Hall–Kier alpha value is -0.900. The van der Waals surface area contributed by atoms with Gasteiger partial charge in [-0.3, -0.25) is 0 Å². The molecule has 1 aromatic rings. The van der Waals surface area contributed by atoms with Crippen LogP contribution in [0.3, 0.4) is 0 Å². The zero-order chi connectivity index (χ0) is 14.4. The number of rotatable bonds is 6. The second-order valence-corrected chi connectivity index (χ2v) is 6.18. The fourth-order valence-electron chi connectivity index (χ4n) is 3.01. The van der Waals surface area contributed by atoms with Crippen LogP contribution >= 0.6 is 0 Å². The Labute approximate surface area is 122 Å². The molecule has 0 unspecified atom stereocenters. The molecule has 1 aliphatic rings. The fourth-order valence-corrected chi connectivity index (χ4v) is 3.01. The predicted molar refractivity (Wildman–Crippen MR) is 81.4 cm³/mol. The molecule has 3 nitrogen and oxygen atoms in total. The van der Waals surface area contributed by atoms with Crippen LogP contribution in [0.2, 0.25) is 0 Å². The zero-order valence-electron chi connectivity index (χ0n) is 12.7. The summed E-state index contributed by atoms with van der Waals surface area (Å²) >= 11 is 0. The topological polar surface area (TPSA) is 41.5 Å². The number of methoxy groups -OCH3 is 1. The molecule has 2 rings (SSSR count). The fraction of sp³-hybridized carbons (Fsp3) is 0.647. The summed E-state index contributed by atoms with van der Waals surface area (Å²) in [6.07, 6.45) is 4.54. The van der Waals surface area contributed by atoms with Crippen LogP contribution < -0.4 is 5.32 Å². The minimum absolute atomic E-state index is 0.0906. The average molecular weight is 277 g/mol. The molecule has 0 radical (unpaired) electrons. The van der Waals surface area contributed by atoms with Crippen LogP contribution in [0, 0.1) is 5.92 Å². The first-order valence-corrected chi connectivity index (χ1v) is 7.61. The lowest BCUT2D eigenvalue weighted by Gasteiger charge is -2.39. The number of aliphatic hydroxyl groups is 1. The van der Waals surface area contributed by atoms with Crippen LogP contribution in [0.1, 0.15) is 43.7 Å². The normalized spacial score (nSPS) is 26.6. The van der Waals surface area contributed by atoms with E-state index in [-0.39, 0.29) is 12.1 Å². The van der Waals surface area contributed by atoms with Gasteiger partial charge in [-0.05, 0) is 42.7 Å². The smallest absolute Gasteiger partial charge is 0.0716 e. The molecule has 0 amide bonds. The average Bonchev–Trinajstić information content (AvgIpc) is 2.49. The third-order valence-corrected chi connectivity index (χ3v) is 4.61. The molecule has 1 aromatic carbocycles. The van der Waals surface area contributed by atoms with Crippen LogP contribution in [0.25, 0.3) is 0 Å². The van der Waals surface area contributed by atoms with Crippen molar-refractivity contribution in [2.24, 2.45) is 5.92 Å². The highest BCUT2D eigenvalue weighted by molar-refractivity contribution is 5.26. The van der Waals surface area contributed by atoms with Crippen LogP contribution in [0.4, 0.5) is 0 Å². The largest absolute Gasteiger partial charge is 0.394 e. The minimum Gasteiger partial charge on any atom is -0.394 e. The van der Waals surface area contributed by atoms with E-state index >= 15 is 0 Å². The molecule has 0 atom stereocenters. The van der Waals surface area contributed by atoms with Crippen molar-refractivity contribution in [1.82, 2.24) is 5.32 Å². The summed E-state index contributed by atoms with van der Waals surface area (Å²) in [4.78, 5) is 0. The summed E-state index contributed by atoms with van der Waals surface area (Å²) in [5.41, 5.74) is 2.40. The third-order valence-electron chi connectivity index (χ3n) is 4.61. The number of hydrogen-bond acceptors (Lipinski definition) is 3. The summed E-state index contributed by atoms with van der Waals surface area (Å²) < 4.78 is 5.25. The molecule has 3 heteroatoms. The summed E-state index contributed by atoms with van der Waals surface area (Å²) in [6, 6.07) is 8.35. The van der Waals surface area contributed by atoms with Gasteiger partial charge in [-0.1, -0.05) is 31.2 Å². The maximum atomic E-state index is 9.79. The van der Waals surface area contributed by atoms with E-state index in [4.69, 9.17) is 4.74 Å². The standard InChI is InChI=1S/C17H27NO2/c1-14-7-9-17(13-19,10-8-14)18-11-15-5-3-4-6-16(15)12-20-2/h3-6,14,18-19H,7-13H2,1-2H3. The van der Waals surface area contributed by atoms with Crippen LogP contribution in [-0.4, -0.2) is 24.4 Å². The van der Waals surface area contributed by atoms with Crippen molar-refractivity contribution in [3.8, 4) is 0 Å². The number of ether oxygens (including phenoxy) is 1. The molecule has 0 heterocycles. The Morgan fingerprint density at radius 3 is 2.50 bits per heavy atom. The van der Waals surface area contributed by atoms with Gasteiger partial charge in [0.15, 0.2) is 0 Å². The van der Waals surface area contributed by atoms with Crippen molar-refractivity contribution in [2.75, 3.05) is 13.7 Å². The first kappa shape index (κ1) is 15.5. The number of hydrogen-bond donors (Lipinski definition) is 2. The lowest BCUT2D eigenvalue weighted by Crippen LogP contribution is -2.50. The Morgan fingerprint density at radius 1 is 1.25 bits per heavy atom. The van der Waals surface area contributed by atoms with Gasteiger partial charge in [-0.25, -0.2) is 0 Å². The monoisotopic (exact) mass is 277 g/mol. The van der Waals surface area contributed by atoms with Gasteiger partial charge < -0.3 is 15.2 Å². The number of nitrogens with one attached hydrogen (secondary N) is 1. The van der Waals surface area contributed by atoms with E-state index in [2.05, 4.69) is 30.4 Å². The molecule has 112 valence electrons. The minimum atomic E-state index is -0.0906. The van der Waals surface area contributed by atoms with E-state index in [0.717, 1.165) is 25.3 Å². The Bertz CT molecular complexity index is 411. The van der Waals surface area contributed by atoms with Gasteiger partial charge in [0.25, 0.3) is 0 Å². The van der Waals surface area contributed by atoms with E-state index in [1.54, 1.807) is 7.11 Å². The third kappa shape index (κ3) is 3.81. The van der Waals surface area contributed by atoms with Gasteiger partial charge in [0.05, 0.1) is 13.2 Å². The van der Waals surface area contributed by atoms with Gasteiger partial charge in [0.1, 0.15) is 0 Å². The highest BCUT2D eigenvalue weighted by Gasteiger charge is 2.33. The zero-order valence-corrected chi connectivity index (χ0v) is 12.7. The van der Waals surface area contributed by atoms with Crippen molar-refractivity contribution >= 4 is 0 Å². The Morgan fingerprint density at radius 2 is 1.90 bits per heavy atom. The summed E-state index contributed by atoms with van der Waals surface area (Å²) in [7, 11) is 1.72. The van der Waals surface area contributed by atoms with E-state index in [1.807, 2.05) is 6.07 Å². The summed E-state index contributed by atoms with van der Waals surface area (Å²) in [6.45, 7) is 3.97. The Kier molecular flexibility index (Phi) is 5.58. The molecule has 0 aromatic heterocycles. The molecule has 20 heavy (non-hydrogen) atoms. The van der Waals surface area contributed by atoms with Crippen molar-refractivity contribution in [3.05, 3.63) is 35.4 Å². The molecule has 1 saturated carbocycles. The SMILES string of the molecule is COCc1ccccc1CNC1(CO)CCC(C)CC1. The molecule has 1 aliphatic carbocycles. The molecule has 0 aliphatic heterocycles. The molecule has 0 bridgehead atoms. The van der Waals surface area contributed by atoms with E-state index in [0.29, 0.717) is 6.61 Å². The number of aliphatic hydroxyl groups excluding tert-OH is 1. The first-order chi connectivity index (χ1) is 9.69. The van der Waals surface area contributed by atoms with Crippen molar-refractivity contribution in [3.63, 3.8) is 0 Å². The molecule has 0 spiro atoms. The van der Waals surface area contributed by atoms with Gasteiger partial charge >= 0.3 is 0 Å². The lowest BCUT2D eigenvalue weighted by atomic mass is 9.77. The highest BCUT2D eigenvalue weighted by atomic mass is 16.5. The first-order valence-electron chi connectivity index (χ1n) is 7.61. The number of benzene rings is 1. The van der Waals surface area contributed by atoms with Crippen LogP contribution in [0.5, 0.6) is 0 Å². The molecule has 1 fully saturated rings. The predicted octanol–water partition coefficient (Wildman–Crippen LogP) is 2.86.